The van der Waals surface area contributed by atoms with E-state index in [1.54, 1.807) is 0 Å². The fraction of sp³-hybridized carbons (Fsp3) is 0.0625. The van der Waals surface area contributed by atoms with Gasteiger partial charge < -0.3 is 0 Å². The Morgan fingerprint density at radius 1 is 1.14 bits per heavy atom. The average molecular weight is 474 g/mol. The molecular weight excluding hydrogens is 462 g/mol. The molecule has 0 radical (unpaired) electrons. The molecule has 3 rings (SSSR count). The van der Waals surface area contributed by atoms with Gasteiger partial charge in [-0.1, -0.05) is 34.1 Å². The molecule has 0 aliphatic rings. The van der Waals surface area contributed by atoms with Crippen molar-refractivity contribution in [3.63, 3.8) is 0 Å². The number of hydrogen-bond donors (Lipinski definition) is 0. The zero-order valence-electron chi connectivity index (χ0n) is 10.9. The Labute approximate surface area is 150 Å². The summed E-state index contributed by atoms with van der Waals surface area (Å²) < 4.78 is 4.01. The zero-order chi connectivity index (χ0) is 14.8. The molecule has 5 heteroatoms. The maximum Gasteiger partial charge on any atom is 0.0877 e. The summed E-state index contributed by atoms with van der Waals surface area (Å²) in [4.78, 5) is 0. The standard InChI is InChI=1S/C16H11BrClIN2/c17-15-7-6-12(19)8-14(15)16(18)11-9-20-21(10-11)13-4-2-1-3-5-13/h1-10,16H. The van der Waals surface area contributed by atoms with Crippen LogP contribution >= 0.6 is 50.1 Å². The third-order valence-corrected chi connectivity index (χ3v) is 5.03. The summed E-state index contributed by atoms with van der Waals surface area (Å²) in [5, 5.41) is 4.17. The van der Waals surface area contributed by atoms with Crippen LogP contribution in [0.2, 0.25) is 0 Å². The summed E-state index contributed by atoms with van der Waals surface area (Å²) >= 11 is 12.5. The molecule has 2 nitrogen and oxygen atoms in total. The van der Waals surface area contributed by atoms with Gasteiger partial charge in [0.2, 0.25) is 0 Å². The highest BCUT2D eigenvalue weighted by Gasteiger charge is 2.16. The Morgan fingerprint density at radius 2 is 1.90 bits per heavy atom. The highest BCUT2D eigenvalue weighted by molar-refractivity contribution is 14.1. The molecule has 0 amide bonds. The Hall–Kier alpha value is -0.850. The number of alkyl halides is 1. The van der Waals surface area contributed by atoms with Crippen molar-refractivity contribution in [3.8, 4) is 5.69 Å². The van der Waals surface area contributed by atoms with E-state index in [-0.39, 0.29) is 5.38 Å². The van der Waals surface area contributed by atoms with Gasteiger partial charge in [-0.25, -0.2) is 4.68 Å². The molecule has 0 bridgehead atoms. The Morgan fingerprint density at radius 3 is 2.67 bits per heavy atom. The molecule has 0 saturated carbocycles. The third-order valence-electron chi connectivity index (χ3n) is 3.15. The van der Waals surface area contributed by atoms with Gasteiger partial charge in [0.05, 0.1) is 17.3 Å². The minimum Gasteiger partial charge on any atom is -0.241 e. The number of hydrogen-bond acceptors (Lipinski definition) is 1. The topological polar surface area (TPSA) is 17.8 Å². The highest BCUT2D eigenvalue weighted by Crippen LogP contribution is 2.34. The Bertz CT molecular complexity index is 758. The second-order valence-electron chi connectivity index (χ2n) is 4.58. The smallest absolute Gasteiger partial charge is 0.0877 e. The van der Waals surface area contributed by atoms with Crippen molar-refractivity contribution in [2.45, 2.75) is 5.38 Å². The lowest BCUT2D eigenvalue weighted by Gasteiger charge is -2.10. The second-order valence-corrected chi connectivity index (χ2v) is 7.12. The number of rotatable bonds is 3. The van der Waals surface area contributed by atoms with E-state index in [2.05, 4.69) is 49.7 Å². The first-order chi connectivity index (χ1) is 10.1. The van der Waals surface area contributed by atoms with Crippen LogP contribution < -0.4 is 0 Å². The highest BCUT2D eigenvalue weighted by atomic mass is 127. The first-order valence-electron chi connectivity index (χ1n) is 6.34. The van der Waals surface area contributed by atoms with Crippen molar-refractivity contribution in [3.05, 3.63) is 80.1 Å². The molecule has 0 aliphatic heterocycles. The zero-order valence-corrected chi connectivity index (χ0v) is 15.4. The maximum atomic E-state index is 6.62. The van der Waals surface area contributed by atoms with Crippen LogP contribution in [0.5, 0.6) is 0 Å². The summed E-state index contributed by atoms with van der Waals surface area (Å²) in [6.07, 6.45) is 3.79. The summed E-state index contributed by atoms with van der Waals surface area (Å²) in [5.74, 6) is 0. The van der Waals surface area contributed by atoms with Gasteiger partial charge >= 0.3 is 0 Å². The van der Waals surface area contributed by atoms with Gasteiger partial charge in [-0.3, -0.25) is 0 Å². The molecule has 1 heterocycles. The lowest BCUT2D eigenvalue weighted by Crippen LogP contribution is -1.95. The fourth-order valence-electron chi connectivity index (χ4n) is 2.08. The lowest BCUT2D eigenvalue weighted by molar-refractivity contribution is 0.880. The first-order valence-corrected chi connectivity index (χ1v) is 8.65. The van der Waals surface area contributed by atoms with Gasteiger partial charge in [0.15, 0.2) is 0 Å². The molecule has 1 unspecified atom stereocenters. The normalized spacial score (nSPS) is 12.3. The molecule has 3 aromatic rings. The predicted octanol–water partition coefficient (Wildman–Crippen LogP) is 5.57. The Kier molecular flexibility index (Phi) is 4.66. The molecule has 106 valence electrons. The van der Waals surface area contributed by atoms with Gasteiger partial charge in [-0.2, -0.15) is 5.10 Å². The van der Waals surface area contributed by atoms with Crippen molar-refractivity contribution in [2.24, 2.45) is 0 Å². The SMILES string of the molecule is ClC(c1cnn(-c2ccccc2)c1)c1cc(I)ccc1Br. The number of aromatic nitrogens is 2. The van der Waals surface area contributed by atoms with Gasteiger partial charge in [-0.15, -0.1) is 11.6 Å². The van der Waals surface area contributed by atoms with Crippen LogP contribution in [0.3, 0.4) is 0 Å². The van der Waals surface area contributed by atoms with Gasteiger partial charge in [-0.05, 0) is 58.5 Å². The minimum atomic E-state index is -0.230. The fourth-order valence-corrected chi connectivity index (χ4v) is 3.49. The van der Waals surface area contributed by atoms with Crippen LogP contribution in [0.15, 0.2) is 65.4 Å². The van der Waals surface area contributed by atoms with Crippen molar-refractivity contribution in [1.29, 1.82) is 0 Å². The van der Waals surface area contributed by atoms with E-state index < -0.39 is 0 Å². The van der Waals surface area contributed by atoms with Crippen molar-refractivity contribution < 1.29 is 0 Å². The molecule has 0 N–H and O–H groups in total. The Balaban J connectivity index is 1.94. The molecule has 0 fully saturated rings. The molecule has 2 aromatic carbocycles. The average Bonchev–Trinajstić information content (AvgIpc) is 3.00. The van der Waals surface area contributed by atoms with Crippen molar-refractivity contribution in [2.75, 3.05) is 0 Å². The van der Waals surface area contributed by atoms with Crippen molar-refractivity contribution >= 4 is 50.1 Å². The van der Waals surface area contributed by atoms with E-state index in [0.29, 0.717) is 0 Å². The summed E-state index contributed by atoms with van der Waals surface area (Å²) in [6, 6.07) is 16.2. The summed E-state index contributed by atoms with van der Waals surface area (Å²) in [5.41, 5.74) is 3.05. The van der Waals surface area contributed by atoms with Crippen LogP contribution in [0.1, 0.15) is 16.5 Å². The van der Waals surface area contributed by atoms with Gasteiger partial charge in [0.1, 0.15) is 0 Å². The van der Waals surface area contributed by atoms with Crippen LogP contribution in [0.25, 0.3) is 5.69 Å². The number of para-hydroxylation sites is 1. The van der Waals surface area contributed by atoms with E-state index in [0.717, 1.165) is 24.9 Å². The van der Waals surface area contributed by atoms with Gasteiger partial charge in [0.25, 0.3) is 0 Å². The molecule has 1 atom stereocenters. The van der Waals surface area contributed by atoms with Crippen LogP contribution in [0.4, 0.5) is 0 Å². The molecule has 0 aliphatic carbocycles. The molecule has 0 spiro atoms. The number of nitrogens with zero attached hydrogens (tertiary/aromatic N) is 2. The van der Waals surface area contributed by atoms with E-state index >= 15 is 0 Å². The summed E-state index contributed by atoms with van der Waals surface area (Å²) in [7, 11) is 0. The van der Waals surface area contributed by atoms with E-state index in [1.165, 1.54) is 0 Å². The minimum absolute atomic E-state index is 0.230. The van der Waals surface area contributed by atoms with E-state index in [4.69, 9.17) is 11.6 Å². The third kappa shape index (κ3) is 3.33. The molecule has 1 aromatic heterocycles. The van der Waals surface area contributed by atoms with E-state index in [1.807, 2.05) is 59.5 Å². The molecular formula is C16H11BrClIN2. The predicted molar refractivity (Wildman–Crippen MR) is 98.1 cm³/mol. The summed E-state index contributed by atoms with van der Waals surface area (Å²) in [6.45, 7) is 0. The molecule has 21 heavy (non-hydrogen) atoms. The van der Waals surface area contributed by atoms with Crippen LogP contribution in [-0.4, -0.2) is 9.78 Å². The number of benzene rings is 2. The monoisotopic (exact) mass is 472 g/mol. The van der Waals surface area contributed by atoms with Crippen molar-refractivity contribution in [1.82, 2.24) is 9.78 Å². The largest absolute Gasteiger partial charge is 0.241 e. The first kappa shape index (κ1) is 15.1. The molecule has 0 saturated heterocycles. The quantitative estimate of drug-likeness (QED) is 0.359. The second kappa shape index (κ2) is 6.50. The van der Waals surface area contributed by atoms with Gasteiger partial charge in [0, 0.05) is 19.8 Å². The van der Waals surface area contributed by atoms with E-state index in [9.17, 15) is 0 Å². The maximum absolute atomic E-state index is 6.62. The van der Waals surface area contributed by atoms with Crippen LogP contribution in [0, 0.1) is 3.57 Å². The number of halogens is 3. The van der Waals surface area contributed by atoms with Crippen LogP contribution in [-0.2, 0) is 0 Å². The lowest BCUT2D eigenvalue weighted by atomic mass is 10.1.